The van der Waals surface area contributed by atoms with Gasteiger partial charge in [-0.25, -0.2) is 0 Å². The third-order valence-corrected chi connectivity index (χ3v) is 3.92. The van der Waals surface area contributed by atoms with Crippen molar-refractivity contribution >= 4 is 17.3 Å². The molecule has 1 saturated carbocycles. The number of fused-ring (bicyclic) bond motifs is 1. The van der Waals surface area contributed by atoms with Crippen molar-refractivity contribution < 1.29 is 4.79 Å². The molecule has 0 radical (unpaired) electrons. The van der Waals surface area contributed by atoms with Crippen LogP contribution in [0, 0.1) is 12.3 Å². The van der Waals surface area contributed by atoms with Gasteiger partial charge in [0.15, 0.2) is 0 Å². The average molecular weight is 216 g/mol. The first-order chi connectivity index (χ1) is 7.71. The first kappa shape index (κ1) is 9.70. The van der Waals surface area contributed by atoms with Crippen molar-refractivity contribution in [3.63, 3.8) is 0 Å². The molecule has 2 N–H and O–H groups in total. The minimum atomic E-state index is -0.147. The predicted octanol–water partition coefficient (Wildman–Crippen LogP) is 2.53. The Morgan fingerprint density at radius 1 is 1.31 bits per heavy atom. The van der Waals surface area contributed by atoms with Crippen LogP contribution < -0.4 is 10.6 Å². The Morgan fingerprint density at radius 3 is 2.81 bits per heavy atom. The Labute approximate surface area is 95.2 Å². The summed E-state index contributed by atoms with van der Waals surface area (Å²) in [7, 11) is 0. The maximum atomic E-state index is 12.1. The van der Waals surface area contributed by atoms with Gasteiger partial charge in [-0.05, 0) is 31.4 Å². The van der Waals surface area contributed by atoms with Crippen LogP contribution in [0.1, 0.15) is 24.8 Å². The summed E-state index contributed by atoms with van der Waals surface area (Å²) in [6, 6.07) is 6.01. The van der Waals surface area contributed by atoms with E-state index in [-0.39, 0.29) is 11.3 Å². The van der Waals surface area contributed by atoms with Crippen LogP contribution in [0.25, 0.3) is 0 Å². The molecular formula is C13H16N2O. The molecule has 1 aliphatic carbocycles. The molecule has 1 aliphatic heterocycles. The number of aryl methyl sites for hydroxylation is 1. The lowest BCUT2D eigenvalue weighted by Crippen LogP contribution is -2.45. The molecule has 0 atom stereocenters. The molecule has 1 spiro atoms. The van der Waals surface area contributed by atoms with E-state index < -0.39 is 0 Å². The molecule has 1 heterocycles. The van der Waals surface area contributed by atoms with Gasteiger partial charge in [-0.15, -0.1) is 0 Å². The van der Waals surface area contributed by atoms with Gasteiger partial charge in [-0.2, -0.15) is 0 Å². The van der Waals surface area contributed by atoms with Crippen molar-refractivity contribution in [1.82, 2.24) is 0 Å². The monoisotopic (exact) mass is 216 g/mol. The quantitative estimate of drug-likeness (QED) is 0.699. The third-order valence-electron chi connectivity index (χ3n) is 3.92. The van der Waals surface area contributed by atoms with Crippen LogP contribution in [0.2, 0.25) is 0 Å². The zero-order chi connectivity index (χ0) is 11.2. The first-order valence-electron chi connectivity index (χ1n) is 5.86. The van der Waals surface area contributed by atoms with Crippen molar-refractivity contribution in [1.29, 1.82) is 0 Å². The number of carbonyl (C=O) groups is 1. The zero-order valence-corrected chi connectivity index (χ0v) is 9.47. The third kappa shape index (κ3) is 1.24. The second-order valence-corrected chi connectivity index (χ2v) is 4.94. The van der Waals surface area contributed by atoms with Crippen molar-refractivity contribution in [2.75, 3.05) is 17.2 Å². The predicted molar refractivity (Wildman–Crippen MR) is 64.6 cm³/mol. The van der Waals surface area contributed by atoms with Crippen LogP contribution >= 0.6 is 0 Å². The number of nitrogens with one attached hydrogen (secondary N) is 2. The van der Waals surface area contributed by atoms with E-state index in [0.29, 0.717) is 0 Å². The van der Waals surface area contributed by atoms with Crippen LogP contribution in [0.3, 0.4) is 0 Å². The highest BCUT2D eigenvalue weighted by Crippen LogP contribution is 2.44. The standard InChI is InChI=1S/C13H16N2O/c1-9-4-2-5-10-11(9)14-8-13(6-3-7-13)12(16)15-10/h2,4-5,14H,3,6-8H2,1H3,(H,15,16). The van der Waals surface area contributed by atoms with E-state index in [0.717, 1.165) is 30.8 Å². The van der Waals surface area contributed by atoms with Crippen molar-refractivity contribution in [2.24, 2.45) is 5.41 Å². The van der Waals surface area contributed by atoms with E-state index in [2.05, 4.69) is 23.6 Å². The number of hydrogen-bond acceptors (Lipinski definition) is 2. The maximum absolute atomic E-state index is 12.1. The largest absolute Gasteiger partial charge is 0.382 e. The SMILES string of the molecule is Cc1cccc2c1NCC1(CCC1)C(=O)N2. The minimum Gasteiger partial charge on any atom is -0.382 e. The minimum absolute atomic E-state index is 0.147. The normalized spacial score (nSPS) is 21.4. The molecule has 0 saturated heterocycles. The number of rotatable bonds is 0. The summed E-state index contributed by atoms with van der Waals surface area (Å²) in [6.07, 6.45) is 3.20. The molecule has 1 amide bonds. The highest BCUT2D eigenvalue weighted by molar-refractivity contribution is 6.00. The van der Waals surface area contributed by atoms with Crippen LogP contribution in [0.5, 0.6) is 0 Å². The summed E-state index contributed by atoms with van der Waals surface area (Å²) in [5.41, 5.74) is 3.05. The van der Waals surface area contributed by atoms with Crippen LogP contribution in [-0.4, -0.2) is 12.5 Å². The summed E-state index contributed by atoms with van der Waals surface area (Å²) in [6.45, 7) is 2.84. The van der Waals surface area contributed by atoms with Crippen molar-refractivity contribution in [2.45, 2.75) is 26.2 Å². The van der Waals surface area contributed by atoms with E-state index in [1.807, 2.05) is 12.1 Å². The number of amides is 1. The highest BCUT2D eigenvalue weighted by Gasteiger charge is 2.45. The molecular weight excluding hydrogens is 200 g/mol. The van der Waals surface area contributed by atoms with Gasteiger partial charge < -0.3 is 10.6 Å². The summed E-state index contributed by atoms with van der Waals surface area (Å²) in [4.78, 5) is 12.1. The fourth-order valence-electron chi connectivity index (χ4n) is 2.61. The molecule has 3 heteroatoms. The number of para-hydroxylation sites is 1. The molecule has 84 valence electrons. The Hall–Kier alpha value is -1.51. The van der Waals surface area contributed by atoms with E-state index in [9.17, 15) is 4.79 Å². The molecule has 1 aromatic rings. The molecule has 2 aliphatic rings. The van der Waals surface area contributed by atoms with Crippen LogP contribution in [-0.2, 0) is 4.79 Å². The van der Waals surface area contributed by atoms with E-state index in [1.54, 1.807) is 0 Å². The van der Waals surface area contributed by atoms with Gasteiger partial charge in [0.1, 0.15) is 0 Å². The van der Waals surface area contributed by atoms with Gasteiger partial charge in [-0.1, -0.05) is 18.6 Å². The van der Waals surface area contributed by atoms with Gasteiger partial charge in [0.25, 0.3) is 0 Å². The van der Waals surface area contributed by atoms with Gasteiger partial charge in [0.2, 0.25) is 5.91 Å². The Balaban J connectivity index is 2.00. The maximum Gasteiger partial charge on any atom is 0.232 e. The van der Waals surface area contributed by atoms with E-state index in [1.165, 1.54) is 12.0 Å². The summed E-state index contributed by atoms with van der Waals surface area (Å²) < 4.78 is 0. The summed E-state index contributed by atoms with van der Waals surface area (Å²) in [5.74, 6) is 0.190. The van der Waals surface area contributed by atoms with Gasteiger partial charge >= 0.3 is 0 Å². The Kier molecular flexibility index (Phi) is 1.96. The first-order valence-corrected chi connectivity index (χ1v) is 5.86. The van der Waals surface area contributed by atoms with Crippen molar-refractivity contribution in [3.8, 4) is 0 Å². The highest BCUT2D eigenvalue weighted by atomic mass is 16.2. The lowest BCUT2D eigenvalue weighted by molar-refractivity contribution is -0.129. The van der Waals surface area contributed by atoms with E-state index in [4.69, 9.17) is 0 Å². The average Bonchev–Trinajstić information content (AvgIpc) is 2.34. The van der Waals surface area contributed by atoms with Gasteiger partial charge in [-0.3, -0.25) is 4.79 Å². The fourth-order valence-corrected chi connectivity index (χ4v) is 2.61. The smallest absolute Gasteiger partial charge is 0.232 e. The number of benzene rings is 1. The summed E-state index contributed by atoms with van der Waals surface area (Å²) >= 11 is 0. The fraction of sp³-hybridized carbons (Fsp3) is 0.462. The number of hydrogen-bond donors (Lipinski definition) is 2. The molecule has 0 bridgehead atoms. The summed E-state index contributed by atoms with van der Waals surface area (Å²) in [5, 5.41) is 6.49. The number of carbonyl (C=O) groups excluding carboxylic acids is 1. The van der Waals surface area contributed by atoms with Crippen molar-refractivity contribution in [3.05, 3.63) is 23.8 Å². The molecule has 3 rings (SSSR count). The van der Waals surface area contributed by atoms with E-state index >= 15 is 0 Å². The lowest BCUT2D eigenvalue weighted by atomic mass is 9.68. The molecule has 0 aromatic heterocycles. The second kappa shape index (κ2) is 3.24. The molecule has 1 fully saturated rings. The van der Waals surface area contributed by atoms with Crippen LogP contribution in [0.15, 0.2) is 18.2 Å². The number of anilines is 2. The molecule has 3 nitrogen and oxygen atoms in total. The Bertz CT molecular complexity index is 449. The van der Waals surface area contributed by atoms with Gasteiger partial charge in [0, 0.05) is 6.54 Å². The zero-order valence-electron chi connectivity index (χ0n) is 9.47. The lowest BCUT2D eigenvalue weighted by Gasteiger charge is -2.38. The molecule has 16 heavy (non-hydrogen) atoms. The molecule has 1 aromatic carbocycles. The van der Waals surface area contributed by atoms with Crippen LogP contribution in [0.4, 0.5) is 11.4 Å². The van der Waals surface area contributed by atoms with Gasteiger partial charge in [0.05, 0.1) is 16.8 Å². The molecule has 0 unspecified atom stereocenters. The topological polar surface area (TPSA) is 41.1 Å². The second-order valence-electron chi connectivity index (χ2n) is 4.94. The Morgan fingerprint density at radius 2 is 2.12 bits per heavy atom.